The van der Waals surface area contributed by atoms with Gasteiger partial charge in [0, 0.05) is 10.2 Å². The van der Waals surface area contributed by atoms with Gasteiger partial charge in [0.15, 0.2) is 0 Å². The van der Waals surface area contributed by atoms with Crippen LogP contribution in [0.3, 0.4) is 0 Å². The average molecular weight is 173 g/mol. The normalized spacial score (nSPS) is 11.2. The Hall–Kier alpha value is 0.177. The molecule has 0 unspecified atom stereocenters. The van der Waals surface area contributed by atoms with Crippen LogP contribution < -0.4 is 0 Å². The number of nitrogens with zero attached hydrogens (tertiary/aromatic N) is 1. The maximum atomic E-state index is 2.61. The van der Waals surface area contributed by atoms with E-state index < -0.39 is 0 Å². The van der Waals surface area contributed by atoms with Crippen molar-refractivity contribution >= 4 is 10.2 Å². The Labute approximate surface area is 74.6 Å². The molecular formula is C9H23NSi. The van der Waals surface area contributed by atoms with E-state index in [1.807, 2.05) is 0 Å². The van der Waals surface area contributed by atoms with Gasteiger partial charge in [-0.2, -0.15) is 0 Å². The first-order valence-corrected chi connectivity index (χ1v) is 6.48. The van der Waals surface area contributed by atoms with Gasteiger partial charge in [0.25, 0.3) is 0 Å². The largest absolute Gasteiger partial charge is 0.307 e. The monoisotopic (exact) mass is 173 g/mol. The van der Waals surface area contributed by atoms with Crippen LogP contribution in [0.5, 0.6) is 0 Å². The van der Waals surface area contributed by atoms with E-state index in [0.29, 0.717) is 0 Å². The molecule has 0 bridgehead atoms. The summed E-state index contributed by atoms with van der Waals surface area (Å²) in [6, 6.07) is 0. The molecule has 0 aliphatic heterocycles. The van der Waals surface area contributed by atoms with E-state index in [9.17, 15) is 0 Å². The summed E-state index contributed by atoms with van der Waals surface area (Å²) in [4.78, 5) is 2.61. The lowest BCUT2D eigenvalue weighted by Gasteiger charge is -2.19. The van der Waals surface area contributed by atoms with Crippen LogP contribution in [0.2, 0.25) is 0 Å². The van der Waals surface area contributed by atoms with Gasteiger partial charge >= 0.3 is 0 Å². The predicted octanol–water partition coefficient (Wildman–Crippen LogP) is 1.21. The first kappa shape index (κ1) is 11.2. The highest BCUT2D eigenvalue weighted by molar-refractivity contribution is 6.08. The van der Waals surface area contributed by atoms with Crippen molar-refractivity contribution in [1.29, 1.82) is 0 Å². The van der Waals surface area contributed by atoms with E-state index in [1.54, 1.807) is 0 Å². The number of rotatable bonds is 7. The van der Waals surface area contributed by atoms with E-state index in [2.05, 4.69) is 18.7 Å². The molecule has 0 rings (SSSR count). The zero-order chi connectivity index (χ0) is 8.53. The van der Waals surface area contributed by atoms with Crippen LogP contribution in [0.4, 0.5) is 0 Å². The third-order valence-corrected chi connectivity index (χ3v) is 3.00. The van der Waals surface area contributed by atoms with Crippen LogP contribution in [0.25, 0.3) is 0 Å². The Morgan fingerprint density at radius 3 is 1.73 bits per heavy atom. The average Bonchev–Trinajstić information content (AvgIpc) is 2.05. The summed E-state index contributed by atoms with van der Waals surface area (Å²) in [5, 5.41) is 0. The molecule has 68 valence electrons. The number of hydrogen-bond donors (Lipinski definition) is 0. The Kier molecular flexibility index (Phi) is 8.41. The summed E-state index contributed by atoms with van der Waals surface area (Å²) in [6.07, 6.45) is 6.80. The van der Waals surface area contributed by atoms with Crippen molar-refractivity contribution in [2.75, 3.05) is 19.3 Å². The minimum atomic E-state index is 1.33. The van der Waals surface area contributed by atoms with Gasteiger partial charge in [-0.25, -0.2) is 0 Å². The molecule has 0 N–H and O–H groups in total. The Morgan fingerprint density at radius 2 is 1.45 bits per heavy atom. The van der Waals surface area contributed by atoms with E-state index in [-0.39, 0.29) is 0 Å². The van der Waals surface area contributed by atoms with Gasteiger partial charge < -0.3 is 4.90 Å². The highest BCUT2D eigenvalue weighted by Crippen LogP contribution is 1.96. The zero-order valence-electron chi connectivity index (χ0n) is 8.40. The second kappa shape index (κ2) is 8.28. The molecule has 0 amide bonds. The SMILES string of the molecule is CCCCN(C[SiH3])CCCC. The van der Waals surface area contributed by atoms with E-state index in [4.69, 9.17) is 0 Å². The van der Waals surface area contributed by atoms with Crippen molar-refractivity contribution in [2.24, 2.45) is 0 Å². The molecular weight excluding hydrogens is 150 g/mol. The molecule has 0 aromatic rings. The van der Waals surface area contributed by atoms with Crippen LogP contribution in [0.1, 0.15) is 39.5 Å². The quantitative estimate of drug-likeness (QED) is 0.523. The number of unbranched alkanes of at least 4 members (excludes halogenated alkanes) is 2. The van der Waals surface area contributed by atoms with Crippen molar-refractivity contribution in [3.05, 3.63) is 0 Å². The van der Waals surface area contributed by atoms with Gasteiger partial charge in [-0.15, -0.1) is 0 Å². The molecule has 0 fully saturated rings. The molecule has 0 aromatic heterocycles. The molecule has 11 heavy (non-hydrogen) atoms. The summed E-state index contributed by atoms with van der Waals surface area (Å²) in [5.41, 5.74) is 0. The van der Waals surface area contributed by atoms with Gasteiger partial charge in [-0.1, -0.05) is 26.7 Å². The van der Waals surface area contributed by atoms with Crippen LogP contribution in [-0.2, 0) is 0 Å². The molecule has 0 spiro atoms. The summed E-state index contributed by atoms with van der Waals surface area (Å²) in [5.74, 6) is 0. The first-order valence-electron chi connectivity index (χ1n) is 5.07. The fourth-order valence-corrected chi connectivity index (χ4v) is 1.82. The van der Waals surface area contributed by atoms with Gasteiger partial charge in [0.2, 0.25) is 0 Å². The molecule has 0 saturated heterocycles. The van der Waals surface area contributed by atoms with Gasteiger partial charge in [-0.3, -0.25) is 0 Å². The highest BCUT2D eigenvalue weighted by Gasteiger charge is 1.98. The van der Waals surface area contributed by atoms with E-state index in [0.717, 1.165) is 0 Å². The lowest BCUT2D eigenvalue weighted by molar-refractivity contribution is 0.306. The predicted molar refractivity (Wildman–Crippen MR) is 56.2 cm³/mol. The smallest absolute Gasteiger partial charge is 0.0205 e. The molecule has 0 aliphatic rings. The lowest BCUT2D eigenvalue weighted by Crippen LogP contribution is -2.27. The maximum Gasteiger partial charge on any atom is 0.0205 e. The molecule has 2 heteroatoms. The van der Waals surface area contributed by atoms with Crippen molar-refractivity contribution < 1.29 is 0 Å². The summed E-state index contributed by atoms with van der Waals surface area (Å²) < 4.78 is 0. The van der Waals surface area contributed by atoms with Crippen molar-refractivity contribution in [3.8, 4) is 0 Å². The molecule has 0 heterocycles. The van der Waals surface area contributed by atoms with Crippen molar-refractivity contribution in [3.63, 3.8) is 0 Å². The molecule has 1 nitrogen and oxygen atoms in total. The molecule has 0 atom stereocenters. The Bertz CT molecular complexity index is 68.0. The third-order valence-electron chi connectivity index (χ3n) is 2.10. The standard InChI is InChI=1S/C9H23NSi/c1-3-5-7-10(9-11)8-6-4-2/h3-9H2,1-2,11H3. The van der Waals surface area contributed by atoms with Gasteiger partial charge in [-0.05, 0) is 32.1 Å². The molecule has 0 radical (unpaired) electrons. The second-order valence-corrected chi connectivity index (χ2v) is 3.77. The molecule has 0 aliphatic carbocycles. The second-order valence-electron chi connectivity index (χ2n) is 3.14. The van der Waals surface area contributed by atoms with Crippen molar-refractivity contribution in [2.45, 2.75) is 39.5 Å². The van der Waals surface area contributed by atoms with Crippen molar-refractivity contribution in [1.82, 2.24) is 4.90 Å². The number of hydrogen-bond acceptors (Lipinski definition) is 1. The minimum absolute atomic E-state index is 1.33. The fraction of sp³-hybridized carbons (Fsp3) is 1.00. The van der Waals surface area contributed by atoms with Crippen LogP contribution in [0.15, 0.2) is 0 Å². The van der Waals surface area contributed by atoms with Crippen LogP contribution in [0, 0.1) is 0 Å². The van der Waals surface area contributed by atoms with Gasteiger partial charge in [0.05, 0.1) is 0 Å². The first-order chi connectivity index (χ1) is 5.35. The Morgan fingerprint density at radius 1 is 1.00 bits per heavy atom. The molecule has 0 saturated carbocycles. The topological polar surface area (TPSA) is 3.24 Å². The zero-order valence-corrected chi connectivity index (χ0v) is 10.4. The third kappa shape index (κ3) is 6.57. The van der Waals surface area contributed by atoms with E-state index >= 15 is 0 Å². The lowest BCUT2D eigenvalue weighted by atomic mass is 10.3. The summed E-state index contributed by atoms with van der Waals surface area (Å²) >= 11 is 0. The Balaban J connectivity index is 3.25. The maximum absolute atomic E-state index is 2.61. The summed E-state index contributed by atoms with van der Waals surface area (Å²) in [7, 11) is 1.33. The molecule has 0 aromatic carbocycles. The van der Waals surface area contributed by atoms with E-state index in [1.165, 1.54) is 55.2 Å². The van der Waals surface area contributed by atoms with Crippen LogP contribution in [-0.4, -0.2) is 34.4 Å². The van der Waals surface area contributed by atoms with Crippen LogP contribution >= 0.6 is 0 Å². The summed E-state index contributed by atoms with van der Waals surface area (Å²) in [6.45, 7) is 7.20. The fourth-order valence-electron chi connectivity index (χ4n) is 1.19. The highest BCUT2D eigenvalue weighted by atomic mass is 28.1. The minimum Gasteiger partial charge on any atom is -0.307 e. The van der Waals surface area contributed by atoms with Gasteiger partial charge in [0.1, 0.15) is 0 Å².